The lowest BCUT2D eigenvalue weighted by atomic mass is 9.99. The molecule has 0 atom stereocenters. The van der Waals surface area contributed by atoms with Crippen LogP contribution < -0.4 is 15.5 Å². The molecule has 1 heterocycles. The predicted octanol–water partition coefficient (Wildman–Crippen LogP) is 3.92. The summed E-state index contributed by atoms with van der Waals surface area (Å²) in [6.45, 7) is 4.82. The fraction of sp³-hybridized carbons (Fsp3) is 0.286. The predicted molar refractivity (Wildman–Crippen MR) is 132 cm³/mol. The molecule has 2 N–H and O–H groups in total. The average Bonchev–Trinajstić information content (AvgIpc) is 2.86. The first-order chi connectivity index (χ1) is 16.1. The van der Waals surface area contributed by atoms with Crippen molar-refractivity contribution in [2.45, 2.75) is 39.3 Å². The van der Waals surface area contributed by atoms with Gasteiger partial charge < -0.3 is 15.5 Å². The van der Waals surface area contributed by atoms with E-state index in [9.17, 15) is 9.59 Å². The van der Waals surface area contributed by atoms with Gasteiger partial charge >= 0.3 is 11.8 Å². The number of nitrogens with zero attached hydrogens (tertiary/aromatic N) is 1. The van der Waals surface area contributed by atoms with Gasteiger partial charge in [-0.05, 0) is 60.6 Å². The number of carbonyl (C=O) groups excluding carboxylic acids is 2. The molecule has 0 saturated carbocycles. The minimum Gasteiger partial charge on any atom is -0.367 e. The summed E-state index contributed by atoms with van der Waals surface area (Å²) in [6, 6.07) is 25.2. The Kier molecular flexibility index (Phi) is 7.40. The summed E-state index contributed by atoms with van der Waals surface area (Å²) < 4.78 is 0. The standard InChI is InChI=1S/C28H31N3O2/c1-21-8-10-23(11-9-21)19-30-28(33)27(32)29-17-4-5-22-12-14-26(15-13-22)31-18-16-24-6-2-3-7-25(24)20-31/h2-3,6-15H,4-5,16-20H2,1H3,(H,29,32)(H,30,33). The largest absolute Gasteiger partial charge is 0.367 e. The van der Waals surface area contributed by atoms with Crippen LogP contribution in [0.4, 0.5) is 5.69 Å². The van der Waals surface area contributed by atoms with Crippen molar-refractivity contribution in [3.8, 4) is 0 Å². The summed E-state index contributed by atoms with van der Waals surface area (Å²) in [7, 11) is 0. The molecule has 0 aromatic heterocycles. The van der Waals surface area contributed by atoms with Crippen LogP contribution in [0.15, 0.2) is 72.8 Å². The third-order valence-electron chi connectivity index (χ3n) is 6.14. The number of hydrogen-bond donors (Lipinski definition) is 2. The quantitative estimate of drug-likeness (QED) is 0.432. The van der Waals surface area contributed by atoms with Crippen molar-refractivity contribution in [3.05, 3.63) is 101 Å². The molecule has 2 amide bonds. The third-order valence-corrected chi connectivity index (χ3v) is 6.14. The van der Waals surface area contributed by atoms with Gasteiger partial charge in [-0.15, -0.1) is 0 Å². The number of fused-ring (bicyclic) bond motifs is 1. The summed E-state index contributed by atoms with van der Waals surface area (Å²) in [5.41, 5.74) is 7.47. The SMILES string of the molecule is Cc1ccc(CNC(=O)C(=O)NCCCc2ccc(N3CCc4ccccc4C3)cc2)cc1. The van der Waals surface area contributed by atoms with E-state index in [2.05, 4.69) is 64.1 Å². The second kappa shape index (κ2) is 10.8. The lowest BCUT2D eigenvalue weighted by molar-refractivity contribution is -0.139. The van der Waals surface area contributed by atoms with E-state index < -0.39 is 11.8 Å². The van der Waals surface area contributed by atoms with E-state index in [1.807, 2.05) is 31.2 Å². The Bertz CT molecular complexity index is 1090. The van der Waals surface area contributed by atoms with Gasteiger partial charge in [0.05, 0.1) is 0 Å². The highest BCUT2D eigenvalue weighted by Crippen LogP contribution is 2.24. The van der Waals surface area contributed by atoms with Crippen LogP contribution in [0.5, 0.6) is 0 Å². The monoisotopic (exact) mass is 441 g/mol. The maximum Gasteiger partial charge on any atom is 0.309 e. The highest BCUT2D eigenvalue weighted by atomic mass is 16.2. The zero-order valence-corrected chi connectivity index (χ0v) is 19.1. The zero-order valence-electron chi connectivity index (χ0n) is 19.1. The molecule has 1 aliphatic heterocycles. The molecule has 170 valence electrons. The van der Waals surface area contributed by atoms with Crippen molar-refractivity contribution >= 4 is 17.5 Å². The van der Waals surface area contributed by atoms with Crippen molar-refractivity contribution in [1.82, 2.24) is 10.6 Å². The van der Waals surface area contributed by atoms with Crippen LogP contribution in [-0.4, -0.2) is 24.9 Å². The lowest BCUT2D eigenvalue weighted by Gasteiger charge is -2.30. The van der Waals surface area contributed by atoms with Crippen LogP contribution in [0, 0.1) is 6.92 Å². The van der Waals surface area contributed by atoms with Crippen molar-refractivity contribution in [3.63, 3.8) is 0 Å². The number of rotatable bonds is 7. The van der Waals surface area contributed by atoms with E-state index in [1.165, 1.54) is 22.4 Å². The van der Waals surface area contributed by atoms with Crippen LogP contribution >= 0.6 is 0 Å². The number of hydrogen-bond acceptors (Lipinski definition) is 3. The van der Waals surface area contributed by atoms with Gasteiger partial charge in [0.15, 0.2) is 0 Å². The summed E-state index contributed by atoms with van der Waals surface area (Å²) >= 11 is 0. The van der Waals surface area contributed by atoms with E-state index in [-0.39, 0.29) is 0 Å². The third kappa shape index (κ3) is 6.22. The fourth-order valence-corrected chi connectivity index (χ4v) is 4.13. The van der Waals surface area contributed by atoms with Crippen molar-refractivity contribution in [2.24, 2.45) is 0 Å². The maximum atomic E-state index is 12.0. The highest BCUT2D eigenvalue weighted by Gasteiger charge is 2.16. The number of benzene rings is 3. The highest BCUT2D eigenvalue weighted by molar-refractivity contribution is 6.35. The molecule has 0 fully saturated rings. The molecular formula is C28H31N3O2. The fourth-order valence-electron chi connectivity index (χ4n) is 4.13. The van der Waals surface area contributed by atoms with Gasteiger partial charge in [0.25, 0.3) is 0 Å². The summed E-state index contributed by atoms with van der Waals surface area (Å²) in [5, 5.41) is 5.38. The molecule has 0 bridgehead atoms. The zero-order chi connectivity index (χ0) is 23.0. The molecule has 5 nitrogen and oxygen atoms in total. The average molecular weight is 442 g/mol. The summed E-state index contributed by atoms with van der Waals surface area (Å²) in [6.07, 6.45) is 2.72. The Hall–Kier alpha value is -3.60. The van der Waals surface area contributed by atoms with Crippen molar-refractivity contribution in [2.75, 3.05) is 18.0 Å². The van der Waals surface area contributed by atoms with Crippen LogP contribution in [0.3, 0.4) is 0 Å². The van der Waals surface area contributed by atoms with E-state index in [0.29, 0.717) is 13.1 Å². The molecule has 5 heteroatoms. The van der Waals surface area contributed by atoms with E-state index in [4.69, 9.17) is 0 Å². The van der Waals surface area contributed by atoms with Crippen molar-refractivity contribution in [1.29, 1.82) is 0 Å². The second-order valence-electron chi connectivity index (χ2n) is 8.63. The molecule has 1 aliphatic rings. The van der Waals surface area contributed by atoms with Crippen LogP contribution in [0.1, 0.15) is 34.2 Å². The Morgan fingerprint density at radius 2 is 1.48 bits per heavy atom. The van der Waals surface area contributed by atoms with Gasteiger partial charge in [-0.3, -0.25) is 9.59 Å². The molecule has 0 radical (unpaired) electrons. The minimum absolute atomic E-state index is 0.349. The molecule has 0 spiro atoms. The Morgan fingerprint density at radius 1 is 0.818 bits per heavy atom. The topological polar surface area (TPSA) is 61.4 Å². The number of amides is 2. The van der Waals surface area contributed by atoms with E-state index >= 15 is 0 Å². The van der Waals surface area contributed by atoms with E-state index in [1.54, 1.807) is 0 Å². The molecular weight excluding hydrogens is 410 g/mol. The summed E-state index contributed by atoms with van der Waals surface area (Å²) in [5.74, 6) is -1.18. The molecule has 4 rings (SSSR count). The molecule has 33 heavy (non-hydrogen) atoms. The van der Waals surface area contributed by atoms with Gasteiger partial charge in [-0.25, -0.2) is 0 Å². The van der Waals surface area contributed by atoms with Gasteiger partial charge in [-0.1, -0.05) is 66.2 Å². The molecule has 0 aliphatic carbocycles. The first kappa shape index (κ1) is 22.6. The first-order valence-corrected chi connectivity index (χ1v) is 11.6. The number of aryl methyl sites for hydroxylation is 2. The normalized spacial score (nSPS) is 12.7. The molecule has 3 aromatic rings. The number of carbonyl (C=O) groups is 2. The second-order valence-corrected chi connectivity index (χ2v) is 8.63. The number of nitrogens with one attached hydrogen (secondary N) is 2. The lowest BCUT2D eigenvalue weighted by Crippen LogP contribution is -2.40. The Morgan fingerprint density at radius 3 is 2.24 bits per heavy atom. The Balaban J connectivity index is 1.17. The van der Waals surface area contributed by atoms with Crippen molar-refractivity contribution < 1.29 is 9.59 Å². The van der Waals surface area contributed by atoms with Crippen LogP contribution in [0.2, 0.25) is 0 Å². The minimum atomic E-state index is -0.594. The van der Waals surface area contributed by atoms with Gasteiger partial charge in [-0.2, -0.15) is 0 Å². The first-order valence-electron chi connectivity index (χ1n) is 11.6. The molecule has 0 saturated heterocycles. The molecule has 0 unspecified atom stereocenters. The van der Waals surface area contributed by atoms with Crippen LogP contribution in [0.25, 0.3) is 0 Å². The van der Waals surface area contributed by atoms with E-state index in [0.717, 1.165) is 43.5 Å². The maximum absolute atomic E-state index is 12.0. The molecule has 3 aromatic carbocycles. The van der Waals surface area contributed by atoms with Gasteiger partial charge in [0.2, 0.25) is 0 Å². The van der Waals surface area contributed by atoms with Gasteiger partial charge in [0.1, 0.15) is 0 Å². The van der Waals surface area contributed by atoms with Crippen LogP contribution in [-0.2, 0) is 35.5 Å². The number of anilines is 1. The van der Waals surface area contributed by atoms with Gasteiger partial charge in [0, 0.05) is 31.9 Å². The smallest absolute Gasteiger partial charge is 0.309 e. The summed E-state index contributed by atoms with van der Waals surface area (Å²) in [4.78, 5) is 26.4. The Labute approximate surface area is 195 Å².